The van der Waals surface area contributed by atoms with Crippen LogP contribution in [0.5, 0.6) is 0 Å². The number of allylic oxidation sites excluding steroid dienone is 2. The highest BCUT2D eigenvalue weighted by Crippen LogP contribution is 2.30. The van der Waals surface area contributed by atoms with Gasteiger partial charge < -0.3 is 15.0 Å². The van der Waals surface area contributed by atoms with Crippen molar-refractivity contribution in [2.45, 2.75) is 19.3 Å². The Morgan fingerprint density at radius 2 is 2.18 bits per heavy atom. The second-order valence-corrected chi connectivity index (χ2v) is 6.22. The molecule has 0 radical (unpaired) electrons. The fraction of sp³-hybridized carbons (Fsp3) is 0.471. The second kappa shape index (κ2) is 7.16. The Bertz CT molecular complexity index is 568. The Morgan fingerprint density at radius 3 is 2.91 bits per heavy atom. The zero-order valence-corrected chi connectivity index (χ0v) is 13.3. The second-order valence-electron chi connectivity index (χ2n) is 5.78. The van der Waals surface area contributed by atoms with Gasteiger partial charge in [-0.05, 0) is 37.0 Å². The lowest BCUT2D eigenvalue weighted by Gasteiger charge is -2.30. The molecule has 0 bridgehead atoms. The van der Waals surface area contributed by atoms with Gasteiger partial charge in [0, 0.05) is 24.5 Å². The molecule has 2 aliphatic rings. The zero-order chi connectivity index (χ0) is 15.4. The summed E-state index contributed by atoms with van der Waals surface area (Å²) in [4.78, 5) is 14.5. The van der Waals surface area contributed by atoms with Gasteiger partial charge in [-0.3, -0.25) is 4.79 Å². The molecule has 0 saturated carbocycles. The summed E-state index contributed by atoms with van der Waals surface area (Å²) in [5.74, 6) is 0.416. The highest BCUT2D eigenvalue weighted by Gasteiger charge is 2.18. The molecule has 5 heteroatoms. The monoisotopic (exact) mass is 320 g/mol. The topological polar surface area (TPSA) is 41.6 Å². The van der Waals surface area contributed by atoms with Crippen molar-refractivity contribution in [2.75, 3.05) is 36.5 Å². The molecule has 1 N–H and O–H groups in total. The number of anilines is 2. The maximum absolute atomic E-state index is 12.3. The van der Waals surface area contributed by atoms with Gasteiger partial charge in [0.05, 0.1) is 24.6 Å². The van der Waals surface area contributed by atoms with E-state index in [9.17, 15) is 4.79 Å². The van der Waals surface area contributed by atoms with Crippen molar-refractivity contribution in [3.8, 4) is 0 Å². The number of rotatable bonds is 4. The number of nitrogens with zero attached hydrogens (tertiary/aromatic N) is 1. The summed E-state index contributed by atoms with van der Waals surface area (Å²) in [5, 5.41) is 3.67. The summed E-state index contributed by atoms with van der Waals surface area (Å²) in [6.07, 6.45) is 6.97. The van der Waals surface area contributed by atoms with Gasteiger partial charge in [-0.1, -0.05) is 23.8 Å². The minimum atomic E-state index is 0.0494. The molecule has 1 saturated heterocycles. The van der Waals surface area contributed by atoms with Gasteiger partial charge in [0.25, 0.3) is 0 Å². The minimum absolute atomic E-state index is 0.0494. The van der Waals surface area contributed by atoms with Crippen molar-refractivity contribution < 1.29 is 9.53 Å². The fourth-order valence-corrected chi connectivity index (χ4v) is 3.17. The average molecular weight is 321 g/mol. The standard InChI is InChI=1S/C17H21ClN2O2/c18-14-5-6-16(20-7-9-22-10-8-20)15(12-14)19-17(21)11-13-3-1-2-4-13/h1,3,5-6,12-13H,2,4,7-11H2,(H,19,21). The van der Waals surface area contributed by atoms with Crippen LogP contribution in [0.4, 0.5) is 11.4 Å². The smallest absolute Gasteiger partial charge is 0.225 e. The molecule has 22 heavy (non-hydrogen) atoms. The summed E-state index contributed by atoms with van der Waals surface area (Å²) < 4.78 is 5.39. The van der Waals surface area contributed by atoms with Crippen LogP contribution < -0.4 is 10.2 Å². The van der Waals surface area contributed by atoms with Crippen molar-refractivity contribution in [3.63, 3.8) is 0 Å². The van der Waals surface area contributed by atoms with Crippen LogP contribution in [0.2, 0.25) is 5.02 Å². The molecule has 0 aromatic heterocycles. The molecule has 1 unspecified atom stereocenters. The minimum Gasteiger partial charge on any atom is -0.378 e. The predicted molar refractivity (Wildman–Crippen MR) is 89.6 cm³/mol. The highest BCUT2D eigenvalue weighted by atomic mass is 35.5. The van der Waals surface area contributed by atoms with E-state index in [-0.39, 0.29) is 5.91 Å². The Hall–Kier alpha value is -1.52. The van der Waals surface area contributed by atoms with E-state index in [1.807, 2.05) is 18.2 Å². The molecule has 1 atom stereocenters. The third kappa shape index (κ3) is 3.81. The van der Waals surface area contributed by atoms with Crippen molar-refractivity contribution in [3.05, 3.63) is 35.4 Å². The Balaban J connectivity index is 1.71. The third-order valence-electron chi connectivity index (χ3n) is 4.14. The molecule has 1 aromatic carbocycles. The van der Waals surface area contributed by atoms with E-state index < -0.39 is 0 Å². The normalized spacial score (nSPS) is 21.1. The number of carbonyl (C=O) groups is 1. The number of morpholine rings is 1. The van der Waals surface area contributed by atoms with Crippen molar-refractivity contribution in [2.24, 2.45) is 5.92 Å². The molecule has 0 spiro atoms. The van der Waals surface area contributed by atoms with E-state index in [1.165, 1.54) is 0 Å². The van der Waals surface area contributed by atoms with Crippen LogP contribution in [-0.4, -0.2) is 32.2 Å². The molecule has 1 aliphatic carbocycles. The molecule has 1 aromatic rings. The number of halogens is 1. The number of benzene rings is 1. The number of hydrogen-bond donors (Lipinski definition) is 1. The van der Waals surface area contributed by atoms with Crippen LogP contribution in [0.25, 0.3) is 0 Å². The van der Waals surface area contributed by atoms with Crippen LogP contribution in [0.1, 0.15) is 19.3 Å². The summed E-state index contributed by atoms with van der Waals surface area (Å²) in [6.45, 7) is 3.08. The van der Waals surface area contributed by atoms with E-state index in [1.54, 1.807) is 0 Å². The molecule has 1 aliphatic heterocycles. The Kier molecular flexibility index (Phi) is 5.01. The lowest BCUT2D eigenvalue weighted by atomic mass is 10.0. The van der Waals surface area contributed by atoms with E-state index in [0.29, 0.717) is 30.6 Å². The van der Waals surface area contributed by atoms with E-state index in [4.69, 9.17) is 16.3 Å². The van der Waals surface area contributed by atoms with Crippen LogP contribution in [-0.2, 0) is 9.53 Å². The lowest BCUT2D eigenvalue weighted by molar-refractivity contribution is -0.116. The molecule has 1 heterocycles. The van der Waals surface area contributed by atoms with Gasteiger partial charge in [-0.25, -0.2) is 0 Å². The first-order chi connectivity index (χ1) is 10.7. The fourth-order valence-electron chi connectivity index (χ4n) is 2.99. The number of ether oxygens (including phenoxy) is 1. The quantitative estimate of drug-likeness (QED) is 0.864. The van der Waals surface area contributed by atoms with Gasteiger partial charge in [0.2, 0.25) is 5.91 Å². The van der Waals surface area contributed by atoms with E-state index in [2.05, 4.69) is 22.4 Å². The summed E-state index contributed by atoms with van der Waals surface area (Å²) >= 11 is 6.10. The van der Waals surface area contributed by atoms with Gasteiger partial charge in [-0.2, -0.15) is 0 Å². The number of carbonyl (C=O) groups excluding carboxylic acids is 1. The van der Waals surface area contributed by atoms with Gasteiger partial charge in [0.15, 0.2) is 0 Å². The molecule has 118 valence electrons. The first-order valence-corrected chi connectivity index (χ1v) is 8.19. The summed E-state index contributed by atoms with van der Waals surface area (Å²) in [6, 6.07) is 5.66. The number of hydrogen-bond acceptors (Lipinski definition) is 3. The van der Waals surface area contributed by atoms with Crippen LogP contribution in [0.15, 0.2) is 30.4 Å². The molecular formula is C17H21ClN2O2. The molecular weight excluding hydrogens is 300 g/mol. The van der Waals surface area contributed by atoms with Crippen molar-refractivity contribution in [1.82, 2.24) is 0 Å². The number of nitrogens with one attached hydrogen (secondary N) is 1. The largest absolute Gasteiger partial charge is 0.378 e. The highest BCUT2D eigenvalue weighted by molar-refractivity contribution is 6.31. The van der Waals surface area contributed by atoms with Gasteiger partial charge >= 0.3 is 0 Å². The molecule has 4 nitrogen and oxygen atoms in total. The van der Waals surface area contributed by atoms with Crippen LogP contribution in [0.3, 0.4) is 0 Å². The maximum atomic E-state index is 12.3. The van der Waals surface area contributed by atoms with Crippen LogP contribution >= 0.6 is 11.6 Å². The zero-order valence-electron chi connectivity index (χ0n) is 12.6. The van der Waals surface area contributed by atoms with E-state index >= 15 is 0 Å². The van der Waals surface area contributed by atoms with E-state index in [0.717, 1.165) is 37.3 Å². The van der Waals surface area contributed by atoms with Crippen molar-refractivity contribution >= 4 is 28.9 Å². The lowest BCUT2D eigenvalue weighted by Crippen LogP contribution is -2.36. The van der Waals surface area contributed by atoms with Gasteiger partial charge in [-0.15, -0.1) is 0 Å². The Morgan fingerprint density at radius 1 is 1.36 bits per heavy atom. The first-order valence-electron chi connectivity index (χ1n) is 7.81. The Labute approximate surface area is 136 Å². The summed E-state index contributed by atoms with van der Waals surface area (Å²) in [7, 11) is 0. The molecule has 3 rings (SSSR count). The SMILES string of the molecule is O=C(CC1C=CCC1)Nc1cc(Cl)ccc1N1CCOCC1. The molecule has 1 amide bonds. The van der Waals surface area contributed by atoms with Crippen LogP contribution in [0, 0.1) is 5.92 Å². The third-order valence-corrected chi connectivity index (χ3v) is 4.38. The average Bonchev–Trinajstić information content (AvgIpc) is 3.01. The summed E-state index contributed by atoms with van der Waals surface area (Å²) in [5.41, 5.74) is 1.81. The predicted octanol–water partition coefficient (Wildman–Crippen LogP) is 3.47. The maximum Gasteiger partial charge on any atom is 0.225 e. The molecule has 1 fully saturated rings. The van der Waals surface area contributed by atoms with Crippen molar-refractivity contribution in [1.29, 1.82) is 0 Å². The number of amides is 1. The first kappa shape index (κ1) is 15.4. The van der Waals surface area contributed by atoms with Gasteiger partial charge in [0.1, 0.15) is 0 Å².